The second-order valence-corrected chi connectivity index (χ2v) is 1.62. The standard InChI is InChI=1S/C6H9FO5/c1-2-10-6(9)12-4-3-11-5(7)8/h2-4H2,1H3. The van der Waals surface area contributed by atoms with Gasteiger partial charge in [-0.1, -0.05) is 0 Å². The average molecular weight is 180 g/mol. The number of carbonyl (C=O) groups is 2. The van der Waals surface area contributed by atoms with Gasteiger partial charge in [0.25, 0.3) is 0 Å². The SMILES string of the molecule is CCOC(=O)OCCOC(=O)F. The van der Waals surface area contributed by atoms with Gasteiger partial charge in [0, 0.05) is 0 Å². The Bertz CT molecular complexity index is 158. The molecule has 0 radical (unpaired) electrons. The molecule has 5 nitrogen and oxygen atoms in total. The van der Waals surface area contributed by atoms with E-state index in [2.05, 4.69) is 14.2 Å². The molecule has 0 aromatic heterocycles. The lowest BCUT2D eigenvalue weighted by molar-refractivity contribution is 0.0376. The van der Waals surface area contributed by atoms with Gasteiger partial charge in [-0.2, -0.15) is 0 Å². The Morgan fingerprint density at radius 1 is 1.17 bits per heavy atom. The first kappa shape index (κ1) is 10.7. The summed E-state index contributed by atoms with van der Waals surface area (Å²) in [6, 6.07) is 0. The van der Waals surface area contributed by atoms with Gasteiger partial charge >= 0.3 is 12.4 Å². The van der Waals surface area contributed by atoms with Crippen molar-refractivity contribution in [2.24, 2.45) is 0 Å². The molecule has 0 aliphatic heterocycles. The van der Waals surface area contributed by atoms with E-state index in [1.165, 1.54) is 0 Å². The summed E-state index contributed by atoms with van der Waals surface area (Å²) in [5, 5.41) is 0. The van der Waals surface area contributed by atoms with E-state index in [1.807, 2.05) is 0 Å². The van der Waals surface area contributed by atoms with Crippen LogP contribution >= 0.6 is 0 Å². The summed E-state index contributed by atoms with van der Waals surface area (Å²) in [6.07, 6.45) is -2.77. The van der Waals surface area contributed by atoms with Gasteiger partial charge in [0.05, 0.1) is 6.61 Å². The highest BCUT2D eigenvalue weighted by atomic mass is 19.1. The third-order valence-corrected chi connectivity index (χ3v) is 0.781. The number of halogens is 1. The van der Waals surface area contributed by atoms with Crippen LogP contribution in [-0.4, -0.2) is 32.2 Å². The highest BCUT2D eigenvalue weighted by molar-refractivity contribution is 5.60. The van der Waals surface area contributed by atoms with Gasteiger partial charge in [0.2, 0.25) is 0 Å². The highest BCUT2D eigenvalue weighted by Crippen LogP contribution is 1.87. The van der Waals surface area contributed by atoms with Gasteiger partial charge in [0.1, 0.15) is 13.2 Å². The lowest BCUT2D eigenvalue weighted by Crippen LogP contribution is -2.12. The Balaban J connectivity index is 3.19. The van der Waals surface area contributed by atoms with Crippen molar-refractivity contribution in [3.05, 3.63) is 0 Å². The van der Waals surface area contributed by atoms with Crippen LogP contribution < -0.4 is 0 Å². The number of carbonyl (C=O) groups excluding carboxylic acids is 2. The van der Waals surface area contributed by atoms with Crippen molar-refractivity contribution >= 4 is 12.4 Å². The molecule has 0 amide bonds. The van der Waals surface area contributed by atoms with Gasteiger partial charge in [0.15, 0.2) is 0 Å². The molecule has 0 saturated carbocycles. The van der Waals surface area contributed by atoms with Gasteiger partial charge in [-0.15, -0.1) is 4.39 Å². The Labute approximate surface area is 68.4 Å². The largest absolute Gasteiger partial charge is 0.508 e. The number of rotatable bonds is 4. The third kappa shape index (κ3) is 6.79. The summed E-state index contributed by atoms with van der Waals surface area (Å²) in [7, 11) is 0. The smallest absolute Gasteiger partial charge is 0.437 e. The van der Waals surface area contributed by atoms with Crippen LogP contribution in [0.25, 0.3) is 0 Å². The first-order chi connectivity index (χ1) is 5.66. The zero-order valence-corrected chi connectivity index (χ0v) is 6.54. The van der Waals surface area contributed by atoms with Crippen LogP contribution in [0.4, 0.5) is 14.0 Å². The summed E-state index contributed by atoms with van der Waals surface area (Å²) in [6.45, 7) is 1.28. The maximum Gasteiger partial charge on any atom is 0.508 e. The maximum absolute atomic E-state index is 11.3. The van der Waals surface area contributed by atoms with Gasteiger partial charge in [-0.05, 0) is 6.92 Å². The minimum absolute atomic E-state index is 0.196. The monoisotopic (exact) mass is 180 g/mol. The molecule has 0 rings (SSSR count). The zero-order chi connectivity index (χ0) is 9.40. The van der Waals surface area contributed by atoms with Crippen LogP contribution in [0.3, 0.4) is 0 Å². The molecule has 0 fully saturated rings. The van der Waals surface area contributed by atoms with E-state index in [-0.39, 0.29) is 19.8 Å². The third-order valence-electron chi connectivity index (χ3n) is 0.781. The molecular formula is C6H9FO5. The number of hydrogen-bond donors (Lipinski definition) is 0. The highest BCUT2D eigenvalue weighted by Gasteiger charge is 2.02. The van der Waals surface area contributed by atoms with Crippen LogP contribution in [0.15, 0.2) is 0 Å². The molecule has 0 bridgehead atoms. The molecule has 0 aliphatic carbocycles. The molecule has 0 aromatic carbocycles. The van der Waals surface area contributed by atoms with E-state index in [1.54, 1.807) is 6.92 Å². The van der Waals surface area contributed by atoms with E-state index in [4.69, 9.17) is 0 Å². The van der Waals surface area contributed by atoms with E-state index >= 15 is 0 Å². The molecule has 0 aliphatic rings. The molecule has 0 heterocycles. The molecule has 6 heteroatoms. The fraction of sp³-hybridized carbons (Fsp3) is 0.667. The second kappa shape index (κ2) is 6.38. The van der Waals surface area contributed by atoms with Crippen molar-refractivity contribution in [3.63, 3.8) is 0 Å². The first-order valence-electron chi connectivity index (χ1n) is 3.28. The lowest BCUT2D eigenvalue weighted by atomic mass is 10.8. The fourth-order valence-corrected chi connectivity index (χ4v) is 0.406. The van der Waals surface area contributed by atoms with Gasteiger partial charge in [-0.25, -0.2) is 9.59 Å². The van der Waals surface area contributed by atoms with Crippen molar-refractivity contribution in [1.82, 2.24) is 0 Å². The molecule has 70 valence electrons. The zero-order valence-electron chi connectivity index (χ0n) is 6.54. The summed E-state index contributed by atoms with van der Waals surface area (Å²) in [5.41, 5.74) is 0. The molecule has 12 heavy (non-hydrogen) atoms. The van der Waals surface area contributed by atoms with E-state index in [0.717, 1.165) is 0 Å². The summed E-state index contributed by atoms with van der Waals surface area (Å²) < 4.78 is 23.9. The van der Waals surface area contributed by atoms with Crippen LogP contribution in [0, 0.1) is 0 Å². The average Bonchev–Trinajstić information content (AvgIpc) is 1.98. The Kier molecular flexibility index (Phi) is 5.68. The van der Waals surface area contributed by atoms with Crippen LogP contribution in [0.2, 0.25) is 0 Å². The number of ether oxygens (including phenoxy) is 3. The predicted octanol–water partition coefficient (Wildman–Crippen LogP) is 1.27. The van der Waals surface area contributed by atoms with E-state index in [0.29, 0.717) is 0 Å². The van der Waals surface area contributed by atoms with Crippen LogP contribution in [-0.2, 0) is 14.2 Å². The fourth-order valence-electron chi connectivity index (χ4n) is 0.406. The Morgan fingerprint density at radius 3 is 2.25 bits per heavy atom. The molecule has 0 atom stereocenters. The van der Waals surface area contributed by atoms with Gasteiger partial charge in [-0.3, -0.25) is 0 Å². The van der Waals surface area contributed by atoms with Crippen molar-refractivity contribution < 1.29 is 28.2 Å². The normalized spacial score (nSPS) is 8.83. The van der Waals surface area contributed by atoms with Crippen LogP contribution in [0.1, 0.15) is 6.92 Å². The Hall–Kier alpha value is -1.33. The quantitative estimate of drug-likeness (QED) is 0.370. The molecule has 0 unspecified atom stereocenters. The van der Waals surface area contributed by atoms with Crippen molar-refractivity contribution in [2.75, 3.05) is 19.8 Å². The summed E-state index contributed by atoms with van der Waals surface area (Å²) in [5.74, 6) is 0. The molecule has 0 aromatic rings. The van der Waals surface area contributed by atoms with Crippen molar-refractivity contribution in [3.8, 4) is 0 Å². The summed E-state index contributed by atoms with van der Waals surface area (Å²) >= 11 is 0. The predicted molar refractivity (Wildman–Crippen MR) is 35.4 cm³/mol. The minimum Gasteiger partial charge on any atom is -0.437 e. The Morgan fingerprint density at radius 2 is 1.75 bits per heavy atom. The topological polar surface area (TPSA) is 61.8 Å². The minimum atomic E-state index is -1.90. The lowest BCUT2D eigenvalue weighted by Gasteiger charge is -2.02. The summed E-state index contributed by atoms with van der Waals surface area (Å²) in [4.78, 5) is 20.0. The van der Waals surface area contributed by atoms with Crippen LogP contribution in [0.5, 0.6) is 0 Å². The molecular weight excluding hydrogens is 171 g/mol. The van der Waals surface area contributed by atoms with E-state index in [9.17, 15) is 14.0 Å². The van der Waals surface area contributed by atoms with E-state index < -0.39 is 12.4 Å². The van der Waals surface area contributed by atoms with Crippen molar-refractivity contribution in [2.45, 2.75) is 6.92 Å². The van der Waals surface area contributed by atoms with Gasteiger partial charge < -0.3 is 14.2 Å². The number of hydrogen-bond acceptors (Lipinski definition) is 5. The molecule has 0 spiro atoms. The first-order valence-corrected chi connectivity index (χ1v) is 3.28. The molecule has 0 saturated heterocycles. The second-order valence-electron chi connectivity index (χ2n) is 1.62. The van der Waals surface area contributed by atoms with Crippen molar-refractivity contribution in [1.29, 1.82) is 0 Å². The maximum atomic E-state index is 11.3. The molecule has 0 N–H and O–H groups in total.